The van der Waals surface area contributed by atoms with Crippen LogP contribution in [0.3, 0.4) is 0 Å². The summed E-state index contributed by atoms with van der Waals surface area (Å²) >= 11 is 6.07. The summed E-state index contributed by atoms with van der Waals surface area (Å²) in [5.41, 5.74) is 6.72. The summed E-state index contributed by atoms with van der Waals surface area (Å²) in [5, 5.41) is 2.79. The number of halogens is 1. The van der Waals surface area contributed by atoms with Crippen molar-refractivity contribution in [3.05, 3.63) is 41.2 Å². The zero-order valence-corrected chi connectivity index (χ0v) is 8.62. The van der Waals surface area contributed by atoms with Crippen LogP contribution in [-0.4, -0.2) is 4.98 Å². The largest absolute Gasteiger partial charge is 0.323 e. The average molecular weight is 207 g/mol. The van der Waals surface area contributed by atoms with E-state index in [2.05, 4.69) is 4.98 Å². The van der Waals surface area contributed by atoms with Gasteiger partial charge in [-0.25, -0.2) is 0 Å². The van der Waals surface area contributed by atoms with Gasteiger partial charge in [-0.15, -0.1) is 0 Å². The van der Waals surface area contributed by atoms with Crippen LogP contribution in [0.25, 0.3) is 10.8 Å². The molecule has 1 heterocycles. The van der Waals surface area contributed by atoms with Crippen molar-refractivity contribution in [1.29, 1.82) is 0 Å². The molecule has 0 radical (unpaired) electrons. The van der Waals surface area contributed by atoms with Crippen molar-refractivity contribution < 1.29 is 0 Å². The van der Waals surface area contributed by atoms with Crippen molar-refractivity contribution in [3.8, 4) is 0 Å². The molecule has 1 unspecified atom stereocenters. The highest BCUT2D eigenvalue weighted by Gasteiger charge is 2.07. The van der Waals surface area contributed by atoms with Gasteiger partial charge in [-0.1, -0.05) is 23.7 Å². The molecule has 0 fully saturated rings. The van der Waals surface area contributed by atoms with Crippen molar-refractivity contribution in [2.75, 3.05) is 0 Å². The molecule has 2 nitrogen and oxygen atoms in total. The molecule has 0 spiro atoms. The molecule has 0 saturated carbocycles. The van der Waals surface area contributed by atoms with E-state index >= 15 is 0 Å². The third-order valence-electron chi connectivity index (χ3n) is 2.21. The zero-order valence-electron chi connectivity index (χ0n) is 7.87. The van der Waals surface area contributed by atoms with E-state index in [0.29, 0.717) is 0 Å². The normalized spacial score (nSPS) is 13.1. The lowest BCUT2D eigenvalue weighted by atomic mass is 10.1. The minimum atomic E-state index is -0.0721. The topological polar surface area (TPSA) is 38.9 Å². The Morgan fingerprint density at radius 2 is 2.07 bits per heavy atom. The molecule has 1 aromatic carbocycles. The molecule has 3 heteroatoms. The van der Waals surface area contributed by atoms with E-state index in [1.807, 2.05) is 31.2 Å². The Kier molecular flexibility index (Phi) is 2.40. The molecule has 1 aromatic heterocycles. The van der Waals surface area contributed by atoms with Crippen molar-refractivity contribution in [1.82, 2.24) is 4.98 Å². The van der Waals surface area contributed by atoms with Gasteiger partial charge in [0, 0.05) is 28.0 Å². The third-order valence-corrected chi connectivity index (χ3v) is 2.54. The number of fused-ring (bicyclic) bond motifs is 1. The molecule has 14 heavy (non-hydrogen) atoms. The first-order chi connectivity index (χ1) is 6.70. The summed E-state index contributed by atoms with van der Waals surface area (Å²) in [7, 11) is 0. The van der Waals surface area contributed by atoms with Crippen molar-refractivity contribution in [2.45, 2.75) is 13.0 Å². The smallest absolute Gasteiger partial charge is 0.0646 e. The first-order valence-electron chi connectivity index (χ1n) is 4.49. The van der Waals surface area contributed by atoms with Crippen LogP contribution in [0.5, 0.6) is 0 Å². The van der Waals surface area contributed by atoms with Crippen LogP contribution in [0.1, 0.15) is 18.7 Å². The third kappa shape index (κ3) is 1.47. The number of nitrogens with zero attached hydrogens (tertiary/aromatic N) is 1. The summed E-state index contributed by atoms with van der Waals surface area (Å²) in [5.74, 6) is 0. The fourth-order valence-electron chi connectivity index (χ4n) is 1.55. The van der Waals surface area contributed by atoms with Crippen LogP contribution in [0, 0.1) is 0 Å². The number of rotatable bonds is 1. The van der Waals surface area contributed by atoms with Gasteiger partial charge in [0.1, 0.15) is 0 Å². The average Bonchev–Trinajstić information content (AvgIpc) is 2.17. The van der Waals surface area contributed by atoms with Crippen LogP contribution in [0.2, 0.25) is 5.02 Å². The SMILES string of the molecule is CC(N)c1nccc2c(Cl)cccc12. The Bertz CT molecular complexity index is 466. The summed E-state index contributed by atoms with van der Waals surface area (Å²) in [6.45, 7) is 1.92. The second-order valence-electron chi connectivity index (χ2n) is 3.32. The molecule has 0 amide bonds. The van der Waals surface area contributed by atoms with Gasteiger partial charge >= 0.3 is 0 Å². The van der Waals surface area contributed by atoms with E-state index in [4.69, 9.17) is 17.3 Å². The van der Waals surface area contributed by atoms with Gasteiger partial charge in [0.2, 0.25) is 0 Å². The Morgan fingerprint density at radius 1 is 1.29 bits per heavy atom. The van der Waals surface area contributed by atoms with Gasteiger partial charge in [-0.3, -0.25) is 4.98 Å². The minimum absolute atomic E-state index is 0.0721. The molecule has 1 atom stereocenters. The second-order valence-corrected chi connectivity index (χ2v) is 3.73. The lowest BCUT2D eigenvalue weighted by molar-refractivity contribution is 0.791. The summed E-state index contributed by atoms with van der Waals surface area (Å²) in [6.07, 6.45) is 1.74. The molecular formula is C11H11ClN2. The molecule has 0 bridgehead atoms. The highest BCUT2D eigenvalue weighted by molar-refractivity contribution is 6.35. The van der Waals surface area contributed by atoms with E-state index in [9.17, 15) is 0 Å². The lowest BCUT2D eigenvalue weighted by Gasteiger charge is -2.08. The molecule has 0 aliphatic heterocycles. The van der Waals surface area contributed by atoms with E-state index in [0.717, 1.165) is 21.5 Å². The number of hydrogen-bond donors (Lipinski definition) is 1. The fourth-order valence-corrected chi connectivity index (χ4v) is 1.79. The number of hydrogen-bond acceptors (Lipinski definition) is 2. The molecule has 0 aliphatic carbocycles. The summed E-state index contributed by atoms with van der Waals surface area (Å²) < 4.78 is 0. The van der Waals surface area contributed by atoms with Crippen molar-refractivity contribution in [2.24, 2.45) is 5.73 Å². The Balaban J connectivity index is 2.81. The van der Waals surface area contributed by atoms with Crippen LogP contribution in [0.4, 0.5) is 0 Å². The summed E-state index contributed by atoms with van der Waals surface area (Å²) in [6, 6.07) is 7.61. The highest BCUT2D eigenvalue weighted by Crippen LogP contribution is 2.26. The first-order valence-corrected chi connectivity index (χ1v) is 4.86. The quantitative estimate of drug-likeness (QED) is 0.779. The molecule has 0 aliphatic rings. The maximum absolute atomic E-state index is 6.07. The maximum atomic E-state index is 6.07. The van der Waals surface area contributed by atoms with Crippen molar-refractivity contribution >= 4 is 22.4 Å². The van der Waals surface area contributed by atoms with Gasteiger partial charge < -0.3 is 5.73 Å². The maximum Gasteiger partial charge on any atom is 0.0646 e. The highest BCUT2D eigenvalue weighted by atomic mass is 35.5. The van der Waals surface area contributed by atoms with E-state index < -0.39 is 0 Å². The molecule has 2 aromatic rings. The summed E-state index contributed by atoms with van der Waals surface area (Å²) in [4.78, 5) is 4.26. The zero-order chi connectivity index (χ0) is 10.1. The monoisotopic (exact) mass is 206 g/mol. The fraction of sp³-hybridized carbons (Fsp3) is 0.182. The number of benzene rings is 1. The number of aromatic nitrogens is 1. The lowest BCUT2D eigenvalue weighted by Crippen LogP contribution is -2.07. The Hall–Kier alpha value is -1.12. The predicted molar refractivity (Wildman–Crippen MR) is 59.4 cm³/mol. The first kappa shape index (κ1) is 9.44. The van der Waals surface area contributed by atoms with Crippen LogP contribution in [0.15, 0.2) is 30.5 Å². The number of nitrogens with two attached hydrogens (primary N) is 1. The van der Waals surface area contributed by atoms with E-state index in [-0.39, 0.29) is 6.04 Å². The standard InChI is InChI=1S/C11H11ClN2/c1-7(13)11-9-3-2-4-10(12)8(9)5-6-14-11/h2-7H,13H2,1H3. The molecule has 2 rings (SSSR count). The number of pyridine rings is 1. The minimum Gasteiger partial charge on any atom is -0.323 e. The Labute approximate surface area is 87.7 Å². The van der Waals surface area contributed by atoms with Gasteiger partial charge in [0.15, 0.2) is 0 Å². The molecular weight excluding hydrogens is 196 g/mol. The molecule has 2 N–H and O–H groups in total. The van der Waals surface area contributed by atoms with Gasteiger partial charge in [-0.05, 0) is 19.1 Å². The van der Waals surface area contributed by atoms with E-state index in [1.54, 1.807) is 6.20 Å². The Morgan fingerprint density at radius 3 is 2.79 bits per heavy atom. The second kappa shape index (κ2) is 3.56. The van der Waals surface area contributed by atoms with Gasteiger partial charge in [-0.2, -0.15) is 0 Å². The van der Waals surface area contributed by atoms with Crippen LogP contribution in [-0.2, 0) is 0 Å². The van der Waals surface area contributed by atoms with Crippen LogP contribution >= 0.6 is 11.6 Å². The van der Waals surface area contributed by atoms with E-state index in [1.165, 1.54) is 0 Å². The molecule has 72 valence electrons. The van der Waals surface area contributed by atoms with Gasteiger partial charge in [0.25, 0.3) is 0 Å². The van der Waals surface area contributed by atoms with Crippen molar-refractivity contribution in [3.63, 3.8) is 0 Å². The predicted octanol–water partition coefficient (Wildman–Crippen LogP) is 2.91. The van der Waals surface area contributed by atoms with Crippen LogP contribution < -0.4 is 5.73 Å². The van der Waals surface area contributed by atoms with Gasteiger partial charge in [0.05, 0.1) is 5.69 Å². The molecule has 0 saturated heterocycles.